The molecule has 1 rings (SSSR count). The lowest BCUT2D eigenvalue weighted by molar-refractivity contribution is 0.523. The van der Waals surface area contributed by atoms with Gasteiger partial charge in [-0.05, 0) is 36.5 Å². The Bertz CT molecular complexity index is 368. The van der Waals surface area contributed by atoms with Crippen LogP contribution in [-0.2, 0) is 6.42 Å². The van der Waals surface area contributed by atoms with Crippen LogP contribution in [-0.4, -0.2) is 0 Å². The number of aryl methyl sites for hydroxylation is 1. The van der Waals surface area contributed by atoms with Crippen LogP contribution in [0.3, 0.4) is 0 Å². The van der Waals surface area contributed by atoms with Gasteiger partial charge in [-0.2, -0.15) is 0 Å². The third-order valence-electron chi connectivity index (χ3n) is 2.75. The molecule has 0 fully saturated rings. The molecule has 82 valence electrons. The van der Waals surface area contributed by atoms with E-state index in [0.29, 0.717) is 5.92 Å². The minimum Gasteiger partial charge on any atom is -0.290 e. The Morgan fingerprint density at radius 1 is 1.20 bits per heavy atom. The Hall–Kier alpha value is -1.11. The minimum atomic E-state index is 0.129. The minimum absolute atomic E-state index is 0.129. The van der Waals surface area contributed by atoms with Crippen LogP contribution >= 0.6 is 0 Å². The van der Waals surface area contributed by atoms with Crippen LogP contribution in [0.5, 0.6) is 0 Å². The van der Waals surface area contributed by atoms with E-state index in [4.69, 9.17) is 0 Å². The zero-order valence-corrected chi connectivity index (χ0v) is 9.92. The largest absolute Gasteiger partial charge is 0.290 e. The zero-order chi connectivity index (χ0) is 11.3. The summed E-state index contributed by atoms with van der Waals surface area (Å²) in [5, 5.41) is 0. The Morgan fingerprint density at radius 3 is 2.53 bits per heavy atom. The van der Waals surface area contributed by atoms with E-state index in [9.17, 15) is 4.79 Å². The van der Waals surface area contributed by atoms with Gasteiger partial charge in [0.1, 0.15) is 0 Å². The van der Waals surface area contributed by atoms with Gasteiger partial charge in [0.15, 0.2) is 5.43 Å². The summed E-state index contributed by atoms with van der Waals surface area (Å²) >= 11 is 0. The van der Waals surface area contributed by atoms with E-state index in [-0.39, 0.29) is 5.43 Å². The van der Waals surface area contributed by atoms with Gasteiger partial charge in [-0.15, -0.1) is 0 Å². The van der Waals surface area contributed by atoms with Crippen molar-refractivity contribution in [3.05, 3.63) is 45.6 Å². The molecule has 0 radical (unpaired) electrons. The second kappa shape index (κ2) is 5.69. The fraction of sp³-hybridized carbons (Fsp3) is 0.500. The summed E-state index contributed by atoms with van der Waals surface area (Å²) in [4.78, 5) is 11.4. The highest BCUT2D eigenvalue weighted by atomic mass is 16.1. The van der Waals surface area contributed by atoms with Crippen LogP contribution in [0.2, 0.25) is 0 Å². The summed E-state index contributed by atoms with van der Waals surface area (Å²) in [6.45, 7) is 6.34. The third kappa shape index (κ3) is 3.86. The van der Waals surface area contributed by atoms with E-state index >= 15 is 0 Å². The maximum Gasteiger partial charge on any atom is 0.181 e. The Kier molecular flexibility index (Phi) is 4.54. The molecule has 0 saturated heterocycles. The molecule has 1 aromatic carbocycles. The Labute approximate surface area is 92.2 Å². The molecule has 0 spiro atoms. The summed E-state index contributed by atoms with van der Waals surface area (Å²) in [6, 6.07) is 7.64. The van der Waals surface area contributed by atoms with Gasteiger partial charge in [-0.1, -0.05) is 44.9 Å². The molecule has 0 aliphatic heterocycles. The second-order valence-electron chi connectivity index (χ2n) is 4.39. The van der Waals surface area contributed by atoms with Crippen LogP contribution < -0.4 is 5.43 Å². The summed E-state index contributed by atoms with van der Waals surface area (Å²) in [6.07, 6.45) is 3.55. The molecule has 0 amide bonds. The van der Waals surface area contributed by atoms with Crippen LogP contribution in [0.25, 0.3) is 0 Å². The Balaban J connectivity index is 2.80. The topological polar surface area (TPSA) is 17.1 Å². The highest BCUT2D eigenvalue weighted by Gasteiger charge is 2.01. The first-order valence-corrected chi connectivity index (χ1v) is 5.73. The summed E-state index contributed by atoms with van der Waals surface area (Å²) in [7, 11) is 0. The van der Waals surface area contributed by atoms with Crippen molar-refractivity contribution in [3.8, 4) is 0 Å². The van der Waals surface area contributed by atoms with E-state index in [1.165, 1.54) is 18.4 Å². The quantitative estimate of drug-likeness (QED) is 0.735. The highest BCUT2D eigenvalue weighted by molar-refractivity contribution is 5.19. The number of hydrogen-bond donors (Lipinski definition) is 0. The van der Waals surface area contributed by atoms with Crippen molar-refractivity contribution >= 4 is 0 Å². The molecule has 15 heavy (non-hydrogen) atoms. The molecule has 1 atom stereocenters. The van der Waals surface area contributed by atoms with Crippen molar-refractivity contribution < 1.29 is 0 Å². The molecular formula is C14H20O. The van der Waals surface area contributed by atoms with Gasteiger partial charge in [-0.25, -0.2) is 0 Å². The van der Waals surface area contributed by atoms with Gasteiger partial charge in [-0.3, -0.25) is 4.79 Å². The predicted molar refractivity (Wildman–Crippen MR) is 65.2 cm³/mol. The average molecular weight is 204 g/mol. The maximum atomic E-state index is 11.4. The van der Waals surface area contributed by atoms with Crippen molar-refractivity contribution in [1.29, 1.82) is 0 Å². The first-order chi connectivity index (χ1) is 7.13. The fourth-order valence-corrected chi connectivity index (χ4v) is 1.82. The molecule has 0 aliphatic rings. The molecule has 0 bridgehead atoms. The van der Waals surface area contributed by atoms with E-state index in [1.54, 1.807) is 6.07 Å². The molecule has 0 heterocycles. The smallest absolute Gasteiger partial charge is 0.181 e. The number of rotatable bonds is 4. The van der Waals surface area contributed by atoms with Crippen LogP contribution in [0, 0.1) is 12.8 Å². The molecule has 0 N–H and O–H groups in total. The van der Waals surface area contributed by atoms with Gasteiger partial charge in [0, 0.05) is 0 Å². The van der Waals surface area contributed by atoms with Gasteiger partial charge < -0.3 is 0 Å². The van der Waals surface area contributed by atoms with E-state index in [0.717, 1.165) is 12.0 Å². The molecule has 1 aromatic rings. The zero-order valence-electron chi connectivity index (χ0n) is 9.92. The van der Waals surface area contributed by atoms with Crippen molar-refractivity contribution in [2.75, 3.05) is 0 Å². The summed E-state index contributed by atoms with van der Waals surface area (Å²) in [5.41, 5.74) is 2.22. The van der Waals surface area contributed by atoms with E-state index < -0.39 is 0 Å². The lowest BCUT2D eigenvalue weighted by atomic mass is 9.98. The normalized spacial score (nSPS) is 12.5. The number of hydrogen-bond acceptors (Lipinski definition) is 1. The van der Waals surface area contributed by atoms with Gasteiger partial charge in [0.05, 0.1) is 0 Å². The fourth-order valence-electron chi connectivity index (χ4n) is 1.82. The van der Waals surface area contributed by atoms with Crippen molar-refractivity contribution in [2.45, 2.75) is 40.0 Å². The van der Waals surface area contributed by atoms with Crippen LogP contribution in [0.4, 0.5) is 0 Å². The maximum absolute atomic E-state index is 11.4. The lowest BCUT2D eigenvalue weighted by Crippen LogP contribution is -1.98. The van der Waals surface area contributed by atoms with E-state index in [2.05, 4.69) is 19.9 Å². The van der Waals surface area contributed by atoms with Gasteiger partial charge in [0.25, 0.3) is 0 Å². The van der Waals surface area contributed by atoms with E-state index in [1.807, 2.05) is 19.1 Å². The molecule has 0 saturated carbocycles. The van der Waals surface area contributed by atoms with Crippen molar-refractivity contribution in [1.82, 2.24) is 0 Å². The van der Waals surface area contributed by atoms with Gasteiger partial charge >= 0.3 is 0 Å². The SMILES string of the molecule is CCCC(C)Cc1ccc(C)c(=O)cc1. The molecule has 1 unspecified atom stereocenters. The van der Waals surface area contributed by atoms with Gasteiger partial charge in [0.2, 0.25) is 0 Å². The molecule has 0 aliphatic carbocycles. The summed E-state index contributed by atoms with van der Waals surface area (Å²) in [5.74, 6) is 0.702. The first-order valence-electron chi connectivity index (χ1n) is 5.73. The van der Waals surface area contributed by atoms with Crippen LogP contribution in [0.15, 0.2) is 29.1 Å². The summed E-state index contributed by atoms with van der Waals surface area (Å²) < 4.78 is 0. The second-order valence-corrected chi connectivity index (χ2v) is 4.39. The monoisotopic (exact) mass is 204 g/mol. The third-order valence-corrected chi connectivity index (χ3v) is 2.75. The van der Waals surface area contributed by atoms with Crippen LogP contribution in [0.1, 0.15) is 37.8 Å². The molecule has 0 aromatic heterocycles. The molecular weight excluding hydrogens is 184 g/mol. The van der Waals surface area contributed by atoms with Crippen molar-refractivity contribution in [3.63, 3.8) is 0 Å². The first kappa shape index (κ1) is 12.0. The average Bonchev–Trinajstić information content (AvgIpc) is 2.34. The predicted octanol–water partition coefficient (Wildman–Crippen LogP) is 3.33. The Morgan fingerprint density at radius 2 is 1.87 bits per heavy atom. The van der Waals surface area contributed by atoms with Crippen molar-refractivity contribution in [2.24, 2.45) is 5.92 Å². The standard InChI is InChI=1S/C14H20O/c1-4-5-11(2)10-13-7-6-12(3)14(15)9-8-13/h6-9,11H,4-5,10H2,1-3H3. The highest BCUT2D eigenvalue weighted by Crippen LogP contribution is 2.12. The molecule has 1 heteroatoms. The molecule has 1 nitrogen and oxygen atoms in total. The lowest BCUT2D eigenvalue weighted by Gasteiger charge is -2.08.